The molecule has 3 aromatic rings. The second kappa shape index (κ2) is 5.95. The van der Waals surface area contributed by atoms with E-state index in [-0.39, 0.29) is 24.1 Å². The number of aryl methyl sites for hydroxylation is 1. The van der Waals surface area contributed by atoms with Gasteiger partial charge in [-0.05, 0) is 50.5 Å². The molecule has 0 saturated heterocycles. The van der Waals surface area contributed by atoms with Gasteiger partial charge in [0, 0.05) is 0 Å². The molecule has 1 aliphatic carbocycles. The zero-order valence-corrected chi connectivity index (χ0v) is 13.8. The van der Waals surface area contributed by atoms with Crippen molar-refractivity contribution in [3.8, 4) is 17.4 Å². The molecule has 2 heterocycles. The van der Waals surface area contributed by atoms with E-state index in [4.69, 9.17) is 10.3 Å². The van der Waals surface area contributed by atoms with Crippen LogP contribution < -0.4 is 5.73 Å². The van der Waals surface area contributed by atoms with Gasteiger partial charge in [-0.25, -0.2) is 14.1 Å². The predicted molar refractivity (Wildman–Crippen MR) is 86.3 cm³/mol. The van der Waals surface area contributed by atoms with Crippen LogP contribution >= 0.6 is 12.4 Å². The quantitative estimate of drug-likeness (QED) is 0.779. The summed E-state index contributed by atoms with van der Waals surface area (Å²) in [6.07, 6.45) is 2.77. The van der Waals surface area contributed by atoms with Crippen molar-refractivity contribution in [2.24, 2.45) is 5.73 Å². The lowest BCUT2D eigenvalue weighted by atomic mass is 9.77. The van der Waals surface area contributed by atoms with E-state index in [1.54, 1.807) is 23.7 Å². The first-order valence-electron chi connectivity index (χ1n) is 7.38. The smallest absolute Gasteiger partial charge is 0.297 e. The Kier molecular flexibility index (Phi) is 4.10. The lowest BCUT2D eigenvalue weighted by molar-refractivity contribution is 0.229. The van der Waals surface area contributed by atoms with Crippen LogP contribution in [0.25, 0.3) is 17.4 Å². The Morgan fingerprint density at radius 2 is 1.92 bits per heavy atom. The summed E-state index contributed by atoms with van der Waals surface area (Å²) < 4.78 is 19.9. The van der Waals surface area contributed by atoms with Crippen LogP contribution in [-0.4, -0.2) is 24.9 Å². The molecule has 0 aliphatic heterocycles. The Hall–Kier alpha value is -2.32. The lowest BCUT2D eigenvalue weighted by Crippen LogP contribution is -2.44. The normalized spacial score (nSPS) is 15.6. The first-order valence-corrected chi connectivity index (χ1v) is 7.38. The van der Waals surface area contributed by atoms with E-state index < -0.39 is 5.54 Å². The van der Waals surface area contributed by atoms with Gasteiger partial charge in [0.2, 0.25) is 5.82 Å². The minimum Gasteiger partial charge on any atom is -0.330 e. The number of halogens is 2. The maximum absolute atomic E-state index is 13.0. The fourth-order valence-corrected chi connectivity index (χ4v) is 2.61. The van der Waals surface area contributed by atoms with Crippen molar-refractivity contribution in [1.29, 1.82) is 0 Å². The third kappa shape index (κ3) is 2.67. The Bertz CT molecular complexity index is 855. The van der Waals surface area contributed by atoms with Gasteiger partial charge in [-0.1, -0.05) is 5.16 Å². The van der Waals surface area contributed by atoms with Crippen molar-refractivity contribution < 1.29 is 8.91 Å². The average molecular weight is 351 g/mol. The van der Waals surface area contributed by atoms with Crippen LogP contribution in [0.15, 0.2) is 28.8 Å². The van der Waals surface area contributed by atoms with Gasteiger partial charge in [-0.2, -0.15) is 4.98 Å². The summed E-state index contributed by atoms with van der Waals surface area (Å²) in [5, 5.41) is 8.32. The summed E-state index contributed by atoms with van der Waals surface area (Å²) in [4.78, 5) is 8.68. The van der Waals surface area contributed by atoms with E-state index in [0.717, 1.165) is 19.3 Å². The van der Waals surface area contributed by atoms with E-state index in [2.05, 4.69) is 20.2 Å². The second-order valence-electron chi connectivity index (χ2n) is 5.80. The van der Waals surface area contributed by atoms with E-state index in [1.807, 2.05) is 0 Å². The van der Waals surface area contributed by atoms with Crippen LogP contribution in [0.2, 0.25) is 0 Å². The number of aromatic nitrogens is 5. The first kappa shape index (κ1) is 16.5. The highest BCUT2D eigenvalue weighted by Crippen LogP contribution is 2.37. The number of nitrogens with zero attached hydrogens (tertiary/aromatic N) is 5. The Labute approximate surface area is 143 Å². The van der Waals surface area contributed by atoms with Crippen LogP contribution in [0.4, 0.5) is 4.39 Å². The molecular weight excluding hydrogens is 335 g/mol. The first-order chi connectivity index (χ1) is 11.0. The molecule has 1 saturated carbocycles. The van der Waals surface area contributed by atoms with E-state index in [0.29, 0.717) is 23.2 Å². The second-order valence-corrected chi connectivity index (χ2v) is 5.80. The molecule has 0 bridgehead atoms. The molecule has 0 unspecified atom stereocenters. The Balaban J connectivity index is 0.00000169. The van der Waals surface area contributed by atoms with E-state index >= 15 is 0 Å². The zero-order chi connectivity index (χ0) is 16.0. The Morgan fingerprint density at radius 3 is 2.54 bits per heavy atom. The fourth-order valence-electron chi connectivity index (χ4n) is 2.61. The molecule has 1 aromatic carbocycles. The highest BCUT2D eigenvalue weighted by Gasteiger charge is 2.39. The summed E-state index contributed by atoms with van der Waals surface area (Å²) in [5.41, 5.74) is 6.40. The van der Waals surface area contributed by atoms with Gasteiger partial charge in [-0.3, -0.25) is 0 Å². The van der Waals surface area contributed by atoms with Gasteiger partial charge in [0.15, 0.2) is 5.82 Å². The SMILES string of the molecule is Cc1nc(-c2nc(C3(N)CCC3)no2)nn1-c1ccc(F)cc1.Cl. The molecule has 2 aromatic heterocycles. The van der Waals surface area contributed by atoms with Crippen molar-refractivity contribution in [1.82, 2.24) is 24.9 Å². The average Bonchev–Trinajstić information content (AvgIpc) is 3.13. The summed E-state index contributed by atoms with van der Waals surface area (Å²) in [7, 11) is 0. The number of nitrogens with two attached hydrogens (primary N) is 1. The molecule has 0 radical (unpaired) electrons. The van der Waals surface area contributed by atoms with Gasteiger partial charge in [0.1, 0.15) is 11.6 Å². The van der Waals surface area contributed by atoms with Crippen molar-refractivity contribution >= 4 is 12.4 Å². The van der Waals surface area contributed by atoms with Crippen molar-refractivity contribution in [2.45, 2.75) is 31.7 Å². The van der Waals surface area contributed by atoms with Crippen LogP contribution in [0.1, 0.15) is 30.9 Å². The minimum absolute atomic E-state index is 0. The zero-order valence-electron chi connectivity index (χ0n) is 12.9. The standard InChI is InChI=1S/C15H15FN6O.ClH/c1-9-18-12(20-22(9)11-5-3-10(16)4-6-11)13-19-14(21-23-13)15(17)7-2-8-15;/h3-6H,2,7-8,17H2,1H3;1H. The third-order valence-corrected chi connectivity index (χ3v) is 4.15. The molecule has 0 spiro atoms. The number of benzene rings is 1. The summed E-state index contributed by atoms with van der Waals surface area (Å²) in [6.45, 7) is 1.80. The minimum atomic E-state index is -0.490. The van der Waals surface area contributed by atoms with Crippen LogP contribution in [0, 0.1) is 12.7 Å². The summed E-state index contributed by atoms with van der Waals surface area (Å²) in [5.74, 6) is 1.39. The molecular formula is C15H16ClFN6O. The number of hydrogen-bond donors (Lipinski definition) is 1. The van der Waals surface area contributed by atoms with Crippen molar-refractivity contribution in [2.75, 3.05) is 0 Å². The van der Waals surface area contributed by atoms with Crippen LogP contribution in [0.5, 0.6) is 0 Å². The molecule has 126 valence electrons. The van der Waals surface area contributed by atoms with E-state index in [9.17, 15) is 4.39 Å². The van der Waals surface area contributed by atoms with Gasteiger partial charge in [-0.15, -0.1) is 17.5 Å². The molecule has 7 nitrogen and oxygen atoms in total. The molecule has 0 amide bonds. The predicted octanol–water partition coefficient (Wildman–Crippen LogP) is 2.52. The maximum atomic E-state index is 13.0. The third-order valence-electron chi connectivity index (χ3n) is 4.15. The Morgan fingerprint density at radius 1 is 1.21 bits per heavy atom. The van der Waals surface area contributed by atoms with Crippen molar-refractivity contribution in [3.05, 3.63) is 41.7 Å². The topological polar surface area (TPSA) is 95.7 Å². The van der Waals surface area contributed by atoms with Gasteiger partial charge >= 0.3 is 0 Å². The number of rotatable bonds is 3. The fraction of sp³-hybridized carbons (Fsp3) is 0.333. The van der Waals surface area contributed by atoms with Gasteiger partial charge in [0.05, 0.1) is 11.2 Å². The van der Waals surface area contributed by atoms with Crippen molar-refractivity contribution in [3.63, 3.8) is 0 Å². The highest BCUT2D eigenvalue weighted by molar-refractivity contribution is 5.85. The van der Waals surface area contributed by atoms with E-state index in [1.165, 1.54) is 12.1 Å². The number of hydrogen-bond acceptors (Lipinski definition) is 6. The largest absolute Gasteiger partial charge is 0.330 e. The molecule has 1 fully saturated rings. The molecule has 1 aliphatic rings. The molecule has 9 heteroatoms. The highest BCUT2D eigenvalue weighted by atomic mass is 35.5. The summed E-state index contributed by atoms with van der Waals surface area (Å²) >= 11 is 0. The van der Waals surface area contributed by atoms with Crippen LogP contribution in [-0.2, 0) is 5.54 Å². The van der Waals surface area contributed by atoms with Crippen LogP contribution in [0.3, 0.4) is 0 Å². The molecule has 0 atom stereocenters. The molecule has 24 heavy (non-hydrogen) atoms. The monoisotopic (exact) mass is 350 g/mol. The van der Waals surface area contributed by atoms with Gasteiger partial charge in [0.25, 0.3) is 5.89 Å². The molecule has 4 rings (SSSR count). The maximum Gasteiger partial charge on any atom is 0.297 e. The summed E-state index contributed by atoms with van der Waals surface area (Å²) in [6, 6.07) is 6.00. The molecule has 2 N–H and O–H groups in total. The lowest BCUT2D eigenvalue weighted by Gasteiger charge is -2.34. The van der Waals surface area contributed by atoms with Gasteiger partial charge < -0.3 is 10.3 Å².